The van der Waals surface area contributed by atoms with Crippen LogP contribution in [0.15, 0.2) is 48.5 Å². The highest BCUT2D eigenvalue weighted by Crippen LogP contribution is 2.23. The number of hydrogen-bond acceptors (Lipinski definition) is 4. The number of hydrogen-bond donors (Lipinski definition) is 3. The minimum Gasteiger partial charge on any atom is -0.495 e. The van der Waals surface area contributed by atoms with Crippen molar-refractivity contribution in [3.8, 4) is 5.75 Å². The Morgan fingerprint density at radius 2 is 1.84 bits per heavy atom. The van der Waals surface area contributed by atoms with Gasteiger partial charge >= 0.3 is 6.03 Å². The second-order valence-electron chi connectivity index (χ2n) is 8.18. The van der Waals surface area contributed by atoms with Crippen molar-refractivity contribution in [3.63, 3.8) is 0 Å². The molecule has 1 heterocycles. The molecule has 8 heteroatoms. The molecule has 0 bridgehead atoms. The molecule has 8 nitrogen and oxygen atoms in total. The number of para-hydroxylation sites is 2. The Labute approximate surface area is 188 Å². The minimum absolute atomic E-state index is 0.0693. The fourth-order valence-corrected chi connectivity index (χ4v) is 3.71. The Morgan fingerprint density at radius 1 is 1.12 bits per heavy atom. The summed E-state index contributed by atoms with van der Waals surface area (Å²) in [6, 6.07) is 13.4. The quantitative estimate of drug-likeness (QED) is 0.618. The second-order valence-corrected chi connectivity index (χ2v) is 8.18. The van der Waals surface area contributed by atoms with Crippen molar-refractivity contribution >= 4 is 29.2 Å². The molecule has 1 aliphatic rings. The van der Waals surface area contributed by atoms with Crippen LogP contribution in [0.5, 0.6) is 5.75 Å². The fourth-order valence-electron chi connectivity index (χ4n) is 3.71. The number of urea groups is 1. The van der Waals surface area contributed by atoms with E-state index in [-0.39, 0.29) is 18.2 Å². The van der Waals surface area contributed by atoms with E-state index in [1.165, 1.54) is 0 Å². The van der Waals surface area contributed by atoms with Crippen molar-refractivity contribution in [2.45, 2.75) is 32.7 Å². The first-order valence-corrected chi connectivity index (χ1v) is 10.7. The van der Waals surface area contributed by atoms with Gasteiger partial charge in [-0.3, -0.25) is 9.59 Å². The normalized spacial score (nSPS) is 15.8. The van der Waals surface area contributed by atoms with E-state index in [4.69, 9.17) is 4.74 Å². The van der Waals surface area contributed by atoms with Gasteiger partial charge in [0.15, 0.2) is 0 Å². The van der Waals surface area contributed by atoms with Crippen LogP contribution < -0.4 is 20.7 Å². The van der Waals surface area contributed by atoms with Gasteiger partial charge in [0.25, 0.3) is 0 Å². The Balaban J connectivity index is 1.58. The minimum atomic E-state index is -0.420. The molecule has 3 rings (SSSR count). The monoisotopic (exact) mass is 438 g/mol. The summed E-state index contributed by atoms with van der Waals surface area (Å²) in [7, 11) is 1.54. The fraction of sp³-hybridized carbons (Fsp3) is 0.375. The smallest absolute Gasteiger partial charge is 0.323 e. The van der Waals surface area contributed by atoms with E-state index in [1.807, 2.05) is 26.0 Å². The molecule has 170 valence electrons. The first-order valence-electron chi connectivity index (χ1n) is 10.7. The molecule has 1 fully saturated rings. The summed E-state index contributed by atoms with van der Waals surface area (Å²) in [6.45, 7) is 5.08. The summed E-state index contributed by atoms with van der Waals surface area (Å²) >= 11 is 0. The lowest BCUT2D eigenvalue weighted by molar-refractivity contribution is -0.143. The maximum Gasteiger partial charge on any atom is 0.323 e. The van der Waals surface area contributed by atoms with Gasteiger partial charge in [0.1, 0.15) is 11.8 Å². The van der Waals surface area contributed by atoms with Crippen molar-refractivity contribution in [1.82, 2.24) is 10.2 Å². The molecular formula is C24H30N4O4. The number of nitrogens with one attached hydrogen (secondary N) is 3. The second kappa shape index (κ2) is 10.7. The van der Waals surface area contributed by atoms with Gasteiger partial charge in [-0.15, -0.1) is 0 Å². The number of carbonyl (C=O) groups is 3. The van der Waals surface area contributed by atoms with Gasteiger partial charge < -0.3 is 25.6 Å². The van der Waals surface area contributed by atoms with Crippen LogP contribution in [-0.2, 0) is 16.0 Å². The maximum absolute atomic E-state index is 12.9. The number of nitrogens with zero attached hydrogens (tertiary/aromatic N) is 1. The van der Waals surface area contributed by atoms with Crippen LogP contribution in [-0.4, -0.2) is 49.0 Å². The Morgan fingerprint density at radius 3 is 2.53 bits per heavy atom. The van der Waals surface area contributed by atoms with E-state index in [2.05, 4.69) is 16.0 Å². The van der Waals surface area contributed by atoms with E-state index in [0.717, 1.165) is 5.56 Å². The molecule has 1 saturated heterocycles. The van der Waals surface area contributed by atoms with Gasteiger partial charge in [0, 0.05) is 18.8 Å². The van der Waals surface area contributed by atoms with Crippen LogP contribution in [0.1, 0.15) is 25.8 Å². The van der Waals surface area contributed by atoms with Crippen LogP contribution in [0.4, 0.5) is 16.2 Å². The summed E-state index contributed by atoms with van der Waals surface area (Å²) in [5.41, 5.74) is 1.99. The molecule has 1 atom stereocenters. The third-order valence-corrected chi connectivity index (χ3v) is 5.27. The number of benzene rings is 2. The third-order valence-electron chi connectivity index (χ3n) is 5.27. The average molecular weight is 439 g/mol. The number of amides is 4. The van der Waals surface area contributed by atoms with Crippen LogP contribution >= 0.6 is 0 Å². The highest BCUT2D eigenvalue weighted by atomic mass is 16.5. The Bertz CT molecular complexity index is 959. The molecule has 2 aromatic rings. The topological polar surface area (TPSA) is 99.8 Å². The largest absolute Gasteiger partial charge is 0.495 e. The molecule has 0 spiro atoms. The van der Waals surface area contributed by atoms with Crippen LogP contribution in [0.2, 0.25) is 0 Å². The highest BCUT2D eigenvalue weighted by Gasteiger charge is 2.33. The predicted molar refractivity (Wildman–Crippen MR) is 124 cm³/mol. The molecule has 0 aliphatic carbocycles. The van der Waals surface area contributed by atoms with Crippen LogP contribution in [0.25, 0.3) is 0 Å². The molecule has 0 saturated carbocycles. The van der Waals surface area contributed by atoms with Gasteiger partial charge in [-0.05, 0) is 42.2 Å². The maximum atomic E-state index is 12.9. The Kier molecular flexibility index (Phi) is 7.70. The van der Waals surface area contributed by atoms with Crippen molar-refractivity contribution in [3.05, 3.63) is 54.1 Å². The van der Waals surface area contributed by atoms with Crippen molar-refractivity contribution in [2.75, 3.05) is 30.8 Å². The van der Waals surface area contributed by atoms with Crippen molar-refractivity contribution in [1.29, 1.82) is 0 Å². The van der Waals surface area contributed by atoms with Crippen LogP contribution in [0, 0.1) is 5.92 Å². The summed E-state index contributed by atoms with van der Waals surface area (Å²) in [6.07, 6.45) is 0.845. The van der Waals surface area contributed by atoms with E-state index in [0.29, 0.717) is 42.6 Å². The lowest BCUT2D eigenvalue weighted by Crippen LogP contribution is -2.57. The predicted octanol–water partition coefficient (Wildman–Crippen LogP) is 3.25. The van der Waals surface area contributed by atoms with Gasteiger partial charge in [0.05, 0.1) is 19.2 Å². The first-order chi connectivity index (χ1) is 15.4. The molecular weight excluding hydrogens is 408 g/mol. The molecule has 0 radical (unpaired) electrons. The number of anilines is 2. The lowest BCUT2D eigenvalue weighted by atomic mass is 9.99. The lowest BCUT2D eigenvalue weighted by Gasteiger charge is -2.36. The van der Waals surface area contributed by atoms with Crippen molar-refractivity contribution in [2.24, 2.45) is 5.92 Å². The highest BCUT2D eigenvalue weighted by molar-refractivity contribution is 6.00. The zero-order valence-electron chi connectivity index (χ0n) is 18.7. The zero-order valence-corrected chi connectivity index (χ0v) is 18.7. The number of ether oxygens (including phenoxy) is 1. The van der Waals surface area contributed by atoms with Crippen LogP contribution in [0.3, 0.4) is 0 Å². The SMILES string of the molecule is COc1ccccc1NC(=O)Nc1ccc(CC(=O)N2CCNC(=O)C2CC(C)C)cc1. The van der Waals surface area contributed by atoms with Gasteiger partial charge in [-0.25, -0.2) is 4.79 Å². The van der Waals surface area contributed by atoms with E-state index in [1.54, 1.807) is 48.4 Å². The number of piperazine rings is 1. The summed E-state index contributed by atoms with van der Waals surface area (Å²) < 4.78 is 5.23. The van der Waals surface area contributed by atoms with E-state index >= 15 is 0 Å². The number of rotatable bonds is 7. The standard InChI is InChI=1S/C24H30N4O4/c1-16(2)14-20-23(30)25-12-13-28(20)22(29)15-17-8-10-18(11-9-17)26-24(31)27-19-6-4-5-7-21(19)32-3/h4-11,16,20H,12-15H2,1-3H3,(H,25,30)(H2,26,27,31). The molecule has 3 N–H and O–H groups in total. The average Bonchev–Trinajstić information content (AvgIpc) is 2.76. The molecule has 2 aromatic carbocycles. The van der Waals surface area contributed by atoms with Gasteiger partial charge in [-0.2, -0.15) is 0 Å². The van der Waals surface area contributed by atoms with Gasteiger partial charge in [0.2, 0.25) is 11.8 Å². The van der Waals surface area contributed by atoms with Gasteiger partial charge in [-0.1, -0.05) is 38.1 Å². The zero-order chi connectivity index (χ0) is 23.1. The Hall–Kier alpha value is -3.55. The third kappa shape index (κ3) is 6.00. The van der Waals surface area contributed by atoms with E-state index < -0.39 is 12.1 Å². The first kappa shape index (κ1) is 23.1. The summed E-state index contributed by atoms with van der Waals surface area (Å²) in [5.74, 6) is 0.726. The molecule has 0 aromatic heterocycles. The van der Waals surface area contributed by atoms with E-state index in [9.17, 15) is 14.4 Å². The number of methoxy groups -OCH3 is 1. The molecule has 1 aliphatic heterocycles. The summed E-state index contributed by atoms with van der Waals surface area (Å²) in [4.78, 5) is 39.1. The molecule has 4 amide bonds. The molecule has 32 heavy (non-hydrogen) atoms. The number of carbonyl (C=O) groups excluding carboxylic acids is 3. The summed E-state index contributed by atoms with van der Waals surface area (Å²) in [5, 5.41) is 8.37. The molecule has 1 unspecified atom stereocenters. The van der Waals surface area contributed by atoms with Crippen molar-refractivity contribution < 1.29 is 19.1 Å².